The smallest absolute Gasteiger partial charge is 0.274 e. The molecule has 2 atom stereocenters. The van der Waals surface area contributed by atoms with Crippen LogP contribution in [-0.4, -0.2) is 46.5 Å². The normalized spacial score (nSPS) is 18.5. The van der Waals surface area contributed by atoms with Crippen LogP contribution in [0.3, 0.4) is 0 Å². The van der Waals surface area contributed by atoms with Gasteiger partial charge in [-0.15, -0.1) is 0 Å². The molecular weight excluding hydrogens is 467 g/mol. The van der Waals surface area contributed by atoms with Crippen LogP contribution in [0.15, 0.2) is 48.7 Å². The largest absolute Gasteiger partial charge is 0.336 e. The molecule has 3 aromatic rings. The second-order valence-corrected chi connectivity index (χ2v) is 9.36. The van der Waals surface area contributed by atoms with Crippen molar-refractivity contribution < 1.29 is 4.79 Å². The van der Waals surface area contributed by atoms with E-state index in [2.05, 4.69) is 5.32 Å². The lowest BCUT2D eigenvalue weighted by molar-refractivity contribution is 0.0649. The Labute approximate surface area is 203 Å². The molecule has 1 aromatic heterocycles. The maximum atomic E-state index is 13.5. The van der Waals surface area contributed by atoms with Gasteiger partial charge in [-0.25, -0.2) is 4.98 Å². The SMILES string of the molecule is CN[C@H]1CCCC[C@@H]1N(C)C(=O)c1cn(-c2ccc(Cl)cc2)c(-c2ccc(Cl)cc2Cl)n1. The third-order valence-corrected chi connectivity index (χ3v) is 6.92. The van der Waals surface area contributed by atoms with Crippen molar-refractivity contribution in [1.82, 2.24) is 19.8 Å². The average molecular weight is 492 g/mol. The van der Waals surface area contributed by atoms with E-state index in [1.165, 1.54) is 6.42 Å². The number of nitrogens with one attached hydrogen (secondary N) is 1. The maximum Gasteiger partial charge on any atom is 0.274 e. The minimum atomic E-state index is -0.115. The topological polar surface area (TPSA) is 50.2 Å². The Bertz CT molecular complexity index is 1110. The summed E-state index contributed by atoms with van der Waals surface area (Å²) in [7, 11) is 3.82. The molecule has 1 heterocycles. The van der Waals surface area contributed by atoms with Gasteiger partial charge in [0.25, 0.3) is 5.91 Å². The van der Waals surface area contributed by atoms with Crippen molar-refractivity contribution in [3.05, 3.63) is 69.4 Å². The monoisotopic (exact) mass is 490 g/mol. The van der Waals surface area contributed by atoms with Gasteiger partial charge >= 0.3 is 0 Å². The Morgan fingerprint density at radius 2 is 1.75 bits per heavy atom. The molecule has 0 unspecified atom stereocenters. The molecule has 0 spiro atoms. The number of likely N-dealkylation sites (N-methyl/N-ethyl adjacent to an activating group) is 2. The standard InChI is InChI=1S/C24H25Cl3N4O/c1-28-20-5-3-4-6-22(20)30(2)24(32)21-14-31(17-10-7-15(25)8-11-17)23(29-21)18-12-9-16(26)13-19(18)27/h7-14,20,22,28H,3-6H2,1-2H3/t20-,22-/m0/s1. The summed E-state index contributed by atoms with van der Waals surface area (Å²) in [5, 5.41) is 5.00. The van der Waals surface area contributed by atoms with E-state index < -0.39 is 0 Å². The van der Waals surface area contributed by atoms with Gasteiger partial charge in [-0.1, -0.05) is 47.6 Å². The van der Waals surface area contributed by atoms with Gasteiger partial charge in [-0.05, 0) is 62.4 Å². The molecule has 1 fully saturated rings. The first-order valence-electron chi connectivity index (χ1n) is 10.6. The van der Waals surface area contributed by atoms with Crippen LogP contribution < -0.4 is 5.32 Å². The first-order valence-corrected chi connectivity index (χ1v) is 11.8. The summed E-state index contributed by atoms with van der Waals surface area (Å²) in [5.74, 6) is 0.454. The number of nitrogens with zero attached hydrogens (tertiary/aromatic N) is 3. The van der Waals surface area contributed by atoms with Gasteiger partial charge in [0.2, 0.25) is 0 Å². The second-order valence-electron chi connectivity index (χ2n) is 8.08. The lowest BCUT2D eigenvalue weighted by Gasteiger charge is -2.37. The molecule has 0 saturated heterocycles. The first-order chi connectivity index (χ1) is 15.4. The maximum absolute atomic E-state index is 13.5. The quantitative estimate of drug-likeness (QED) is 0.469. The summed E-state index contributed by atoms with van der Waals surface area (Å²) in [6, 6.07) is 13.0. The Hall–Kier alpha value is -2.05. The van der Waals surface area contributed by atoms with Crippen molar-refractivity contribution in [3.8, 4) is 17.1 Å². The number of carbonyl (C=O) groups excluding carboxylic acids is 1. The third-order valence-electron chi connectivity index (χ3n) is 6.12. The molecule has 0 radical (unpaired) electrons. The van der Waals surface area contributed by atoms with E-state index in [1.807, 2.05) is 41.8 Å². The number of benzene rings is 2. The van der Waals surface area contributed by atoms with Crippen LogP contribution in [0.2, 0.25) is 15.1 Å². The van der Waals surface area contributed by atoms with Crippen molar-refractivity contribution in [2.24, 2.45) is 0 Å². The lowest BCUT2D eigenvalue weighted by Crippen LogP contribution is -2.51. The van der Waals surface area contributed by atoms with Gasteiger partial charge < -0.3 is 10.2 Å². The van der Waals surface area contributed by atoms with E-state index in [-0.39, 0.29) is 18.0 Å². The van der Waals surface area contributed by atoms with Crippen molar-refractivity contribution in [3.63, 3.8) is 0 Å². The Morgan fingerprint density at radius 1 is 1.06 bits per heavy atom. The molecule has 4 rings (SSSR count). The highest BCUT2D eigenvalue weighted by atomic mass is 35.5. The minimum Gasteiger partial charge on any atom is -0.336 e. The molecule has 0 bridgehead atoms. The summed E-state index contributed by atoms with van der Waals surface area (Å²) in [5.41, 5.74) is 1.89. The van der Waals surface area contributed by atoms with Crippen molar-refractivity contribution in [2.75, 3.05) is 14.1 Å². The van der Waals surface area contributed by atoms with Crippen LogP contribution in [0.1, 0.15) is 36.2 Å². The third kappa shape index (κ3) is 4.67. The molecule has 0 aliphatic heterocycles. The van der Waals surface area contributed by atoms with Crippen LogP contribution in [0.4, 0.5) is 0 Å². The number of imidazole rings is 1. The van der Waals surface area contributed by atoms with Gasteiger partial charge in [-0.2, -0.15) is 0 Å². The summed E-state index contributed by atoms with van der Waals surface area (Å²) in [6.07, 6.45) is 6.09. The molecule has 1 amide bonds. The van der Waals surface area contributed by atoms with E-state index in [0.29, 0.717) is 32.1 Å². The first kappa shape index (κ1) is 23.1. The van der Waals surface area contributed by atoms with Crippen LogP contribution >= 0.6 is 34.8 Å². The highest BCUT2D eigenvalue weighted by Gasteiger charge is 2.31. The molecule has 1 saturated carbocycles. The Balaban J connectivity index is 1.76. The van der Waals surface area contributed by atoms with Crippen LogP contribution in [0, 0.1) is 0 Å². The number of aromatic nitrogens is 2. The molecule has 168 valence electrons. The number of carbonyl (C=O) groups is 1. The molecular formula is C24H25Cl3N4O. The zero-order chi connectivity index (χ0) is 22.8. The van der Waals surface area contributed by atoms with Gasteiger partial charge in [-0.3, -0.25) is 9.36 Å². The van der Waals surface area contributed by atoms with E-state index in [1.54, 1.807) is 30.5 Å². The van der Waals surface area contributed by atoms with Crippen LogP contribution in [0.5, 0.6) is 0 Å². The van der Waals surface area contributed by atoms with Crippen LogP contribution in [0.25, 0.3) is 17.1 Å². The van der Waals surface area contributed by atoms with Crippen molar-refractivity contribution in [2.45, 2.75) is 37.8 Å². The van der Waals surface area contributed by atoms with Gasteiger partial charge in [0.1, 0.15) is 11.5 Å². The van der Waals surface area contributed by atoms with Crippen molar-refractivity contribution >= 4 is 40.7 Å². The highest BCUT2D eigenvalue weighted by Crippen LogP contribution is 2.32. The Kier molecular flexibility index (Phi) is 7.11. The molecule has 8 heteroatoms. The fraction of sp³-hybridized carbons (Fsp3) is 0.333. The minimum absolute atomic E-state index is 0.115. The van der Waals surface area contributed by atoms with E-state index in [4.69, 9.17) is 39.8 Å². The molecule has 1 N–H and O–H groups in total. The number of hydrogen-bond acceptors (Lipinski definition) is 3. The summed E-state index contributed by atoms with van der Waals surface area (Å²) >= 11 is 18.7. The summed E-state index contributed by atoms with van der Waals surface area (Å²) in [4.78, 5) is 20.0. The van der Waals surface area contributed by atoms with Gasteiger partial charge in [0, 0.05) is 46.6 Å². The van der Waals surface area contributed by atoms with E-state index in [9.17, 15) is 4.79 Å². The number of halogens is 3. The van der Waals surface area contributed by atoms with Gasteiger partial charge in [0.05, 0.1) is 5.02 Å². The van der Waals surface area contributed by atoms with E-state index >= 15 is 0 Å². The highest BCUT2D eigenvalue weighted by molar-refractivity contribution is 6.36. The summed E-state index contributed by atoms with van der Waals surface area (Å²) < 4.78 is 1.86. The predicted octanol–water partition coefficient (Wildman–Crippen LogP) is 6.10. The fourth-order valence-electron chi connectivity index (χ4n) is 4.39. The number of rotatable bonds is 5. The summed E-state index contributed by atoms with van der Waals surface area (Å²) in [6.45, 7) is 0. The number of amides is 1. The lowest BCUT2D eigenvalue weighted by atomic mass is 9.89. The Morgan fingerprint density at radius 3 is 2.44 bits per heavy atom. The van der Waals surface area contributed by atoms with Crippen molar-refractivity contribution in [1.29, 1.82) is 0 Å². The molecule has 2 aromatic carbocycles. The second kappa shape index (κ2) is 9.84. The van der Waals surface area contributed by atoms with E-state index in [0.717, 1.165) is 24.9 Å². The number of hydrogen-bond donors (Lipinski definition) is 1. The predicted molar refractivity (Wildman–Crippen MR) is 131 cm³/mol. The zero-order valence-electron chi connectivity index (χ0n) is 18.0. The van der Waals surface area contributed by atoms with Gasteiger partial charge in [0.15, 0.2) is 0 Å². The molecule has 5 nitrogen and oxygen atoms in total. The van der Waals surface area contributed by atoms with Crippen LogP contribution in [-0.2, 0) is 0 Å². The molecule has 1 aliphatic rings. The zero-order valence-corrected chi connectivity index (χ0v) is 20.3. The fourth-order valence-corrected chi connectivity index (χ4v) is 5.00. The molecule has 32 heavy (non-hydrogen) atoms. The molecule has 1 aliphatic carbocycles. The average Bonchev–Trinajstić information content (AvgIpc) is 3.23.